The Balaban J connectivity index is 1.42. The number of carbonyl (C=O) groups excluding carboxylic acids is 2. The minimum Gasteiger partial charge on any atom is -0.450 e. The normalized spacial score (nSPS) is 21.2. The molecule has 32 heavy (non-hydrogen) atoms. The van der Waals surface area contributed by atoms with Gasteiger partial charge in [0, 0.05) is 31.1 Å². The molecule has 3 aliphatic rings. The summed E-state index contributed by atoms with van der Waals surface area (Å²) in [5, 5.41) is 0. The van der Waals surface area contributed by atoms with E-state index in [2.05, 4.69) is 4.90 Å². The van der Waals surface area contributed by atoms with Crippen LogP contribution in [0.4, 0.5) is 19.7 Å². The van der Waals surface area contributed by atoms with Gasteiger partial charge in [-0.05, 0) is 83.3 Å². The van der Waals surface area contributed by atoms with Crippen LogP contribution in [-0.2, 0) is 14.9 Å². The van der Waals surface area contributed by atoms with Crippen LogP contribution in [0.5, 0.6) is 0 Å². The summed E-state index contributed by atoms with van der Waals surface area (Å²) >= 11 is 0. The van der Waals surface area contributed by atoms with Crippen molar-refractivity contribution in [2.45, 2.75) is 64.0 Å². The number of halogens is 1. The Kier molecular flexibility index (Phi) is 6.60. The van der Waals surface area contributed by atoms with E-state index in [1.165, 1.54) is 6.07 Å². The summed E-state index contributed by atoms with van der Waals surface area (Å²) in [5.74, 6) is -0.268. The topological polar surface area (TPSA) is 62.3 Å². The second-order valence-corrected chi connectivity index (χ2v) is 9.41. The van der Waals surface area contributed by atoms with Crippen LogP contribution < -0.4 is 4.90 Å². The molecule has 0 saturated carbocycles. The third-order valence-corrected chi connectivity index (χ3v) is 7.10. The smallest absolute Gasteiger partial charge is 0.414 e. The highest BCUT2D eigenvalue weighted by Crippen LogP contribution is 2.48. The number of ether oxygens (including phenoxy) is 2. The number of hydrogen-bond donors (Lipinski definition) is 0. The summed E-state index contributed by atoms with van der Waals surface area (Å²) < 4.78 is 24.8. The second-order valence-electron chi connectivity index (χ2n) is 9.41. The van der Waals surface area contributed by atoms with E-state index in [1.807, 2.05) is 20.8 Å². The maximum atomic E-state index is 14.2. The lowest BCUT2D eigenvalue weighted by Crippen LogP contribution is -2.52. The molecule has 0 bridgehead atoms. The summed E-state index contributed by atoms with van der Waals surface area (Å²) in [6.45, 7) is 9.65. The quantitative estimate of drug-likeness (QED) is 0.697. The van der Waals surface area contributed by atoms with Gasteiger partial charge in [-0.2, -0.15) is 0 Å². The number of likely N-dealkylation sites (tertiary alicyclic amines) is 2. The number of piperidine rings is 2. The molecule has 2 saturated heterocycles. The molecule has 176 valence electrons. The van der Waals surface area contributed by atoms with Gasteiger partial charge >= 0.3 is 12.2 Å². The minimum atomic E-state index is -0.362. The lowest BCUT2D eigenvalue weighted by Gasteiger charge is -2.45. The predicted octanol–water partition coefficient (Wildman–Crippen LogP) is 4.15. The average molecular weight is 448 g/mol. The van der Waals surface area contributed by atoms with Crippen LogP contribution in [-0.4, -0.2) is 73.5 Å². The summed E-state index contributed by atoms with van der Waals surface area (Å²) in [6.07, 6.45) is 2.82. The highest BCUT2D eigenvalue weighted by molar-refractivity contribution is 5.91. The summed E-state index contributed by atoms with van der Waals surface area (Å²) in [4.78, 5) is 30.7. The average Bonchev–Trinajstić information content (AvgIpc) is 3.07. The number of benzene rings is 1. The first-order chi connectivity index (χ1) is 15.3. The fourth-order valence-corrected chi connectivity index (χ4v) is 5.44. The molecular weight excluding hydrogens is 413 g/mol. The highest BCUT2D eigenvalue weighted by atomic mass is 19.1. The van der Waals surface area contributed by atoms with Gasteiger partial charge in [-0.1, -0.05) is 0 Å². The molecule has 1 spiro atoms. The van der Waals surface area contributed by atoms with Crippen LogP contribution in [0.1, 0.15) is 52.0 Å². The number of carbonyl (C=O) groups is 2. The molecular formula is C24H34FN3O4. The van der Waals surface area contributed by atoms with Crippen molar-refractivity contribution in [3.8, 4) is 0 Å². The molecule has 0 radical (unpaired) electrons. The van der Waals surface area contributed by atoms with Gasteiger partial charge < -0.3 is 19.3 Å². The molecule has 0 aromatic heterocycles. The Morgan fingerprint density at radius 2 is 1.81 bits per heavy atom. The zero-order chi connectivity index (χ0) is 22.9. The van der Waals surface area contributed by atoms with Gasteiger partial charge in [-0.25, -0.2) is 14.0 Å². The molecule has 1 aromatic rings. The van der Waals surface area contributed by atoms with Crippen LogP contribution in [0.3, 0.4) is 0 Å². The fourth-order valence-electron chi connectivity index (χ4n) is 5.44. The van der Waals surface area contributed by atoms with Crippen molar-refractivity contribution in [3.05, 3.63) is 29.6 Å². The van der Waals surface area contributed by atoms with Crippen molar-refractivity contribution >= 4 is 17.9 Å². The van der Waals surface area contributed by atoms with Crippen molar-refractivity contribution in [3.63, 3.8) is 0 Å². The first kappa shape index (κ1) is 22.8. The zero-order valence-corrected chi connectivity index (χ0v) is 19.3. The van der Waals surface area contributed by atoms with Gasteiger partial charge in [0.1, 0.15) is 5.82 Å². The molecule has 1 aromatic carbocycles. The summed E-state index contributed by atoms with van der Waals surface area (Å²) in [5.41, 5.74) is 1.46. The summed E-state index contributed by atoms with van der Waals surface area (Å²) in [7, 11) is 0. The molecule has 3 aliphatic heterocycles. The Bertz CT molecular complexity index is 846. The number of nitrogens with zero attached hydrogens (tertiary/aromatic N) is 3. The van der Waals surface area contributed by atoms with Gasteiger partial charge in [-0.3, -0.25) is 4.90 Å². The second kappa shape index (κ2) is 9.25. The van der Waals surface area contributed by atoms with Crippen molar-refractivity contribution in [1.29, 1.82) is 0 Å². The molecule has 7 nitrogen and oxygen atoms in total. The Morgan fingerprint density at radius 1 is 1.12 bits per heavy atom. The van der Waals surface area contributed by atoms with Gasteiger partial charge in [0.05, 0.1) is 18.4 Å². The van der Waals surface area contributed by atoms with Gasteiger partial charge in [-0.15, -0.1) is 0 Å². The largest absolute Gasteiger partial charge is 0.450 e. The van der Waals surface area contributed by atoms with Crippen molar-refractivity contribution in [2.75, 3.05) is 44.2 Å². The fraction of sp³-hybridized carbons (Fsp3) is 0.667. The Morgan fingerprint density at radius 3 is 2.44 bits per heavy atom. The lowest BCUT2D eigenvalue weighted by molar-refractivity contribution is 0.0575. The molecule has 0 N–H and O–H groups in total. The zero-order valence-electron chi connectivity index (χ0n) is 19.3. The molecule has 4 rings (SSSR count). The highest BCUT2D eigenvalue weighted by Gasteiger charge is 2.48. The first-order valence-corrected chi connectivity index (χ1v) is 11.8. The maximum absolute atomic E-state index is 14.2. The van der Waals surface area contributed by atoms with Gasteiger partial charge in [0.2, 0.25) is 0 Å². The molecule has 0 atom stereocenters. The first-order valence-electron chi connectivity index (χ1n) is 11.8. The Labute approximate surface area is 189 Å². The molecule has 8 heteroatoms. The molecule has 2 fully saturated rings. The van der Waals surface area contributed by atoms with E-state index in [0.29, 0.717) is 32.3 Å². The standard InChI is InChI=1S/C24H34FN3O4/c1-4-31-22(29)27-11-7-19(8-12-27)26-13-9-24(10-14-26)16-28(23(30)32-17(2)3)21-6-5-18(25)15-20(21)24/h5-6,15,17,19H,4,7-14,16H2,1-3H3. The van der Waals surface area contributed by atoms with Crippen LogP contribution >= 0.6 is 0 Å². The van der Waals surface area contributed by atoms with Crippen molar-refractivity contribution in [1.82, 2.24) is 9.80 Å². The van der Waals surface area contributed by atoms with Crippen LogP contribution in [0, 0.1) is 5.82 Å². The molecule has 3 heterocycles. The van der Waals surface area contributed by atoms with Crippen molar-refractivity contribution in [2.24, 2.45) is 0 Å². The van der Waals surface area contributed by atoms with Crippen molar-refractivity contribution < 1.29 is 23.5 Å². The number of hydrogen-bond acceptors (Lipinski definition) is 5. The third kappa shape index (κ3) is 4.42. The molecule has 0 aliphatic carbocycles. The van der Waals surface area contributed by atoms with Crippen LogP contribution in [0.2, 0.25) is 0 Å². The monoisotopic (exact) mass is 447 g/mol. The summed E-state index contributed by atoms with van der Waals surface area (Å²) in [6, 6.07) is 5.16. The SMILES string of the molecule is CCOC(=O)N1CCC(N2CCC3(CC2)CN(C(=O)OC(C)C)c2ccc(F)cc23)CC1. The van der Waals surface area contributed by atoms with E-state index in [-0.39, 0.29) is 29.5 Å². The van der Waals surface area contributed by atoms with Gasteiger partial charge in [0.25, 0.3) is 0 Å². The predicted molar refractivity (Wildman–Crippen MR) is 119 cm³/mol. The van der Waals surface area contributed by atoms with E-state index in [0.717, 1.165) is 50.0 Å². The van der Waals surface area contributed by atoms with Crippen LogP contribution in [0.15, 0.2) is 18.2 Å². The van der Waals surface area contributed by atoms with E-state index in [9.17, 15) is 14.0 Å². The Hall–Kier alpha value is -2.35. The van der Waals surface area contributed by atoms with E-state index in [4.69, 9.17) is 9.47 Å². The van der Waals surface area contributed by atoms with E-state index >= 15 is 0 Å². The maximum Gasteiger partial charge on any atom is 0.414 e. The number of anilines is 1. The number of fused-ring (bicyclic) bond motifs is 2. The lowest BCUT2D eigenvalue weighted by atomic mass is 9.74. The molecule has 2 amide bonds. The van der Waals surface area contributed by atoms with E-state index < -0.39 is 0 Å². The minimum absolute atomic E-state index is 0.203. The van der Waals surface area contributed by atoms with Crippen LogP contribution in [0.25, 0.3) is 0 Å². The van der Waals surface area contributed by atoms with E-state index in [1.54, 1.807) is 21.9 Å². The number of amides is 2. The molecule has 0 unspecified atom stereocenters. The number of rotatable bonds is 3. The third-order valence-electron chi connectivity index (χ3n) is 7.10. The van der Waals surface area contributed by atoms with Gasteiger partial charge in [0.15, 0.2) is 0 Å².